The van der Waals surface area contributed by atoms with E-state index in [1.165, 1.54) is 7.05 Å². The number of anilines is 1. The number of amides is 1. The number of aromatic nitrogens is 4. The highest BCUT2D eigenvalue weighted by atomic mass is 16.5. The number of H-pyrrole nitrogens is 1. The summed E-state index contributed by atoms with van der Waals surface area (Å²) in [5.74, 6) is 1.38. The van der Waals surface area contributed by atoms with Gasteiger partial charge in [-0.1, -0.05) is 5.16 Å². The number of rotatable bonds is 4. The lowest BCUT2D eigenvalue weighted by molar-refractivity contribution is -0.129. The van der Waals surface area contributed by atoms with E-state index in [9.17, 15) is 9.90 Å². The Kier molecular flexibility index (Phi) is 3.74. The van der Waals surface area contributed by atoms with E-state index in [4.69, 9.17) is 4.52 Å². The average molecular weight is 408 g/mol. The van der Waals surface area contributed by atoms with Gasteiger partial charge in [0.05, 0.1) is 16.9 Å². The molecule has 4 fully saturated rings. The van der Waals surface area contributed by atoms with Gasteiger partial charge in [-0.15, -0.1) is 0 Å². The van der Waals surface area contributed by atoms with Crippen molar-refractivity contribution in [3.63, 3.8) is 0 Å². The number of carbonyl (C=O) groups excluding carboxylic acids is 1. The third-order valence-corrected chi connectivity index (χ3v) is 7.23. The predicted molar refractivity (Wildman–Crippen MR) is 109 cm³/mol. The lowest BCUT2D eigenvalue weighted by atomic mass is 9.52. The van der Waals surface area contributed by atoms with E-state index < -0.39 is 11.5 Å². The normalized spacial score (nSPS) is 31.9. The Morgan fingerprint density at radius 2 is 2.10 bits per heavy atom. The van der Waals surface area contributed by atoms with Crippen molar-refractivity contribution < 1.29 is 14.4 Å². The SMILES string of the molecule is CNC(=O)c1noc(-c2cnc3[nH]ccc3c2N[C@H]2C3CC4CC2C[C@@](O)(C4)C3)n1. The van der Waals surface area contributed by atoms with Gasteiger partial charge in [0.15, 0.2) is 0 Å². The first-order chi connectivity index (χ1) is 14.5. The third-order valence-electron chi connectivity index (χ3n) is 7.23. The van der Waals surface area contributed by atoms with Crippen LogP contribution in [-0.2, 0) is 0 Å². The van der Waals surface area contributed by atoms with Crippen LogP contribution in [0.15, 0.2) is 23.0 Å². The second-order valence-electron chi connectivity index (χ2n) is 9.15. The van der Waals surface area contributed by atoms with Crippen LogP contribution in [0, 0.1) is 17.8 Å². The molecule has 0 saturated heterocycles. The van der Waals surface area contributed by atoms with Crippen LogP contribution in [0.4, 0.5) is 5.69 Å². The Morgan fingerprint density at radius 1 is 1.30 bits per heavy atom. The van der Waals surface area contributed by atoms with Crippen molar-refractivity contribution in [2.24, 2.45) is 17.8 Å². The maximum Gasteiger partial charge on any atom is 0.292 e. The lowest BCUT2D eigenvalue weighted by Gasteiger charge is -2.58. The Hall–Kier alpha value is -2.94. The maximum atomic E-state index is 11.9. The first-order valence-electron chi connectivity index (χ1n) is 10.5. The molecule has 0 spiro atoms. The van der Waals surface area contributed by atoms with E-state index in [-0.39, 0.29) is 17.8 Å². The van der Waals surface area contributed by atoms with Crippen LogP contribution in [0.5, 0.6) is 0 Å². The summed E-state index contributed by atoms with van der Waals surface area (Å²) in [5.41, 5.74) is 1.86. The molecule has 4 N–H and O–H groups in total. The van der Waals surface area contributed by atoms with E-state index in [1.54, 1.807) is 6.20 Å². The minimum atomic E-state index is -0.478. The molecule has 2 unspecified atom stereocenters. The third kappa shape index (κ3) is 2.64. The fourth-order valence-corrected chi connectivity index (χ4v) is 6.25. The molecular formula is C21H24N6O3. The number of hydrogen-bond donors (Lipinski definition) is 4. The molecule has 4 saturated carbocycles. The molecule has 0 radical (unpaired) electrons. The molecule has 7 rings (SSSR count). The van der Waals surface area contributed by atoms with E-state index in [0.29, 0.717) is 23.3 Å². The number of nitrogens with one attached hydrogen (secondary N) is 3. The minimum Gasteiger partial charge on any atom is -0.390 e. The van der Waals surface area contributed by atoms with Gasteiger partial charge in [-0.2, -0.15) is 4.98 Å². The van der Waals surface area contributed by atoms with Gasteiger partial charge in [-0.25, -0.2) is 4.98 Å². The van der Waals surface area contributed by atoms with Crippen LogP contribution in [0.2, 0.25) is 0 Å². The highest BCUT2D eigenvalue weighted by Gasteiger charge is 2.54. The number of hydrogen-bond acceptors (Lipinski definition) is 7. The van der Waals surface area contributed by atoms with Crippen molar-refractivity contribution >= 4 is 22.6 Å². The van der Waals surface area contributed by atoms with Crippen molar-refractivity contribution in [1.82, 2.24) is 25.4 Å². The number of aliphatic hydroxyl groups is 1. The molecule has 3 heterocycles. The van der Waals surface area contributed by atoms with Crippen molar-refractivity contribution in [3.05, 3.63) is 24.3 Å². The Morgan fingerprint density at radius 3 is 2.83 bits per heavy atom. The Labute approximate surface area is 172 Å². The van der Waals surface area contributed by atoms with Gasteiger partial charge in [0, 0.05) is 30.9 Å². The second kappa shape index (κ2) is 6.28. The lowest BCUT2D eigenvalue weighted by Crippen LogP contribution is -2.59. The zero-order valence-corrected chi connectivity index (χ0v) is 16.7. The van der Waals surface area contributed by atoms with Gasteiger partial charge in [-0.05, 0) is 55.9 Å². The minimum absolute atomic E-state index is 0.00976. The first kappa shape index (κ1) is 17.9. The number of carbonyl (C=O) groups is 1. The van der Waals surface area contributed by atoms with E-state index in [2.05, 4.69) is 30.7 Å². The van der Waals surface area contributed by atoms with Gasteiger partial charge >= 0.3 is 0 Å². The number of pyridine rings is 1. The average Bonchev–Trinajstić information content (AvgIpc) is 3.38. The second-order valence-corrected chi connectivity index (χ2v) is 9.15. The van der Waals surface area contributed by atoms with Crippen LogP contribution < -0.4 is 10.6 Å². The molecule has 156 valence electrons. The Balaban J connectivity index is 1.40. The monoisotopic (exact) mass is 408 g/mol. The molecule has 3 aromatic heterocycles. The van der Waals surface area contributed by atoms with E-state index in [0.717, 1.165) is 48.8 Å². The van der Waals surface area contributed by atoms with Crippen molar-refractivity contribution in [2.45, 2.75) is 43.7 Å². The molecule has 9 heteroatoms. The predicted octanol–water partition coefficient (Wildman–Crippen LogP) is 2.32. The van der Waals surface area contributed by atoms with Gasteiger partial charge in [0.25, 0.3) is 17.6 Å². The molecular weight excluding hydrogens is 384 g/mol. The Bertz CT molecular complexity index is 1120. The number of fused-ring (bicyclic) bond motifs is 1. The largest absolute Gasteiger partial charge is 0.390 e. The maximum absolute atomic E-state index is 11.9. The van der Waals surface area contributed by atoms with Crippen molar-refractivity contribution in [3.8, 4) is 11.5 Å². The standard InChI is InChI=1S/C21H24N6O3/c1-22-19(28)18-26-20(30-27-18)14-9-24-17-13(2-3-23-17)16(14)25-15-11-4-10-5-12(15)8-21(29,6-10)7-11/h2-3,9-12,15,29H,4-8H2,1H3,(H,22,28)(H2,23,24,25)/t10?,11?,12?,15-,21+. The summed E-state index contributed by atoms with van der Waals surface area (Å²) in [5, 5.41) is 22.0. The quantitative estimate of drug-likeness (QED) is 0.521. The van der Waals surface area contributed by atoms with Crippen molar-refractivity contribution in [2.75, 3.05) is 12.4 Å². The smallest absolute Gasteiger partial charge is 0.292 e. The topological polar surface area (TPSA) is 129 Å². The molecule has 0 aromatic carbocycles. The highest BCUT2D eigenvalue weighted by Crippen LogP contribution is 2.56. The summed E-state index contributed by atoms with van der Waals surface area (Å²) in [4.78, 5) is 23.8. The molecule has 4 bridgehead atoms. The van der Waals surface area contributed by atoms with E-state index >= 15 is 0 Å². The molecule has 1 amide bonds. The molecule has 4 aliphatic rings. The summed E-state index contributed by atoms with van der Waals surface area (Å²) < 4.78 is 5.41. The van der Waals surface area contributed by atoms with Crippen LogP contribution in [-0.4, -0.2) is 49.8 Å². The zero-order chi connectivity index (χ0) is 20.5. The van der Waals surface area contributed by atoms with Crippen LogP contribution in [0.3, 0.4) is 0 Å². The summed E-state index contributed by atoms with van der Waals surface area (Å²) in [7, 11) is 1.53. The zero-order valence-electron chi connectivity index (χ0n) is 16.7. The van der Waals surface area contributed by atoms with Gasteiger partial charge in [0.2, 0.25) is 0 Å². The molecule has 9 nitrogen and oxygen atoms in total. The van der Waals surface area contributed by atoms with Crippen LogP contribution in [0.1, 0.15) is 42.7 Å². The fourth-order valence-electron chi connectivity index (χ4n) is 6.25. The van der Waals surface area contributed by atoms with Crippen LogP contribution >= 0.6 is 0 Å². The first-order valence-corrected chi connectivity index (χ1v) is 10.5. The summed E-state index contributed by atoms with van der Waals surface area (Å²) in [6.45, 7) is 0. The summed E-state index contributed by atoms with van der Waals surface area (Å²) in [6, 6.07) is 2.26. The van der Waals surface area contributed by atoms with Gasteiger partial charge in [-0.3, -0.25) is 4.79 Å². The van der Waals surface area contributed by atoms with E-state index in [1.807, 2.05) is 12.3 Å². The number of nitrogens with zero attached hydrogens (tertiary/aromatic N) is 3. The number of aromatic amines is 1. The molecule has 4 aliphatic carbocycles. The molecule has 0 aliphatic heterocycles. The van der Waals surface area contributed by atoms with Crippen LogP contribution in [0.25, 0.3) is 22.5 Å². The van der Waals surface area contributed by atoms with Gasteiger partial charge in [0.1, 0.15) is 5.65 Å². The molecule has 30 heavy (non-hydrogen) atoms. The molecule has 2 atom stereocenters. The van der Waals surface area contributed by atoms with Gasteiger partial charge < -0.3 is 25.2 Å². The summed E-state index contributed by atoms with van der Waals surface area (Å²) >= 11 is 0. The van der Waals surface area contributed by atoms with Crippen molar-refractivity contribution in [1.29, 1.82) is 0 Å². The highest BCUT2D eigenvalue weighted by molar-refractivity contribution is 5.97. The fraction of sp³-hybridized carbons (Fsp3) is 0.524. The summed E-state index contributed by atoms with van der Waals surface area (Å²) in [6.07, 6.45) is 8.55. The molecule has 3 aromatic rings.